The van der Waals surface area contributed by atoms with Crippen LogP contribution in [-0.4, -0.2) is 52.6 Å². The number of thiophene rings is 3. The lowest BCUT2D eigenvalue weighted by Crippen LogP contribution is -2.18. The lowest BCUT2D eigenvalue weighted by Gasteiger charge is -2.13. The standard InChI is InChI=1S/2C17H17N3OS.C10H8O2S.C7H11N3.CH4/c1-10-15(12-7-3-5-9-14(12)22-10)17(21)20-13-8-4-2-6-11(13)16(18)19-20;1-10-15(12-7-3-5-9-14(12)22-10)17(21)20-16(18)11-6-2-4-8-13(11)19-20;1-6-9(10(11)12)7-4-2-3-5-8(7)13-6;8-7-5-3-1-2-4-6(5)9-10-7;/h3,5,7,9H,2,4,6,8H2,1H3,(H2,18,19);3,5,7,9H,2,4,6,8,18H2,1H3;2-5H,1H3,(H,11,12);1-4H2,(H3,8,9,10);1H4. The van der Waals surface area contributed by atoms with Gasteiger partial charge >= 0.3 is 5.97 Å². The molecule has 3 aliphatic carbocycles. The van der Waals surface area contributed by atoms with E-state index in [1.54, 1.807) is 27.4 Å². The minimum Gasteiger partial charge on any atom is -0.478 e. The van der Waals surface area contributed by atoms with E-state index in [4.69, 9.17) is 22.3 Å². The average Bonchev–Trinajstić information content (AvgIpc) is 4.19. The number of hydrogen-bond donors (Lipinski definition) is 5. The summed E-state index contributed by atoms with van der Waals surface area (Å²) in [6.45, 7) is 5.82. The summed E-state index contributed by atoms with van der Waals surface area (Å²) in [5.41, 5.74) is 26.4. The van der Waals surface area contributed by atoms with Gasteiger partial charge in [0.05, 0.1) is 28.1 Å². The Morgan fingerprint density at radius 3 is 1.56 bits per heavy atom. The van der Waals surface area contributed by atoms with Crippen molar-refractivity contribution < 1.29 is 19.5 Å². The van der Waals surface area contributed by atoms with Crippen LogP contribution < -0.4 is 17.2 Å². The van der Waals surface area contributed by atoms with Gasteiger partial charge in [-0.3, -0.25) is 14.7 Å². The molecular weight excluding hydrogens is 911 g/mol. The number of anilines is 3. The highest BCUT2D eigenvalue weighted by atomic mass is 32.1. The molecule has 16 heteroatoms. The molecule has 12 rings (SSSR count). The van der Waals surface area contributed by atoms with Crippen molar-refractivity contribution >= 4 is 99.5 Å². The molecule has 0 unspecified atom stereocenters. The quantitative estimate of drug-likeness (QED) is 0.113. The van der Waals surface area contributed by atoms with E-state index < -0.39 is 5.97 Å². The highest BCUT2D eigenvalue weighted by Crippen LogP contribution is 2.35. The first-order chi connectivity index (χ1) is 32.4. The van der Waals surface area contributed by atoms with Crippen LogP contribution in [0.2, 0.25) is 0 Å². The molecule has 0 fully saturated rings. The number of nitrogens with two attached hydrogens (primary N) is 3. The molecule has 352 valence electrons. The van der Waals surface area contributed by atoms with Gasteiger partial charge in [0.25, 0.3) is 11.8 Å². The second kappa shape index (κ2) is 20.3. The lowest BCUT2D eigenvalue weighted by atomic mass is 9.97. The third-order valence-corrected chi connectivity index (χ3v) is 16.1. The Balaban J connectivity index is 0.000000128. The van der Waals surface area contributed by atoms with Gasteiger partial charge in [-0.15, -0.1) is 39.1 Å². The Hall–Kier alpha value is -6.62. The van der Waals surface area contributed by atoms with Gasteiger partial charge in [0.1, 0.15) is 17.5 Å². The second-order valence-corrected chi connectivity index (χ2v) is 20.9. The molecule has 8 N–H and O–H groups in total. The smallest absolute Gasteiger partial charge is 0.337 e. The minimum atomic E-state index is -0.838. The number of carboxylic acid groups (broad SMARTS) is 1. The first kappa shape index (κ1) is 47.9. The molecule has 0 saturated heterocycles. The van der Waals surface area contributed by atoms with Crippen molar-refractivity contribution in [3.05, 3.63) is 138 Å². The summed E-state index contributed by atoms with van der Waals surface area (Å²) in [7, 11) is 0. The zero-order chi connectivity index (χ0) is 46.9. The van der Waals surface area contributed by atoms with Crippen molar-refractivity contribution in [1.82, 2.24) is 29.8 Å². The molecule has 0 bridgehead atoms. The Labute approximate surface area is 407 Å². The number of rotatable bonds is 3. The maximum Gasteiger partial charge on any atom is 0.337 e. The molecule has 9 aromatic rings. The number of carboxylic acids is 1. The van der Waals surface area contributed by atoms with Crippen LogP contribution in [0.15, 0.2) is 72.8 Å². The molecular formula is C52H57N9O4S3. The largest absolute Gasteiger partial charge is 0.478 e. The fourth-order valence-electron chi connectivity index (χ4n) is 9.55. The Morgan fingerprint density at radius 1 is 0.559 bits per heavy atom. The van der Waals surface area contributed by atoms with Gasteiger partial charge in [0.2, 0.25) is 0 Å². The molecule has 3 aromatic carbocycles. The van der Waals surface area contributed by atoms with Crippen molar-refractivity contribution in [2.24, 2.45) is 0 Å². The number of nitrogens with zero attached hydrogens (tertiary/aromatic N) is 5. The summed E-state index contributed by atoms with van der Waals surface area (Å²) in [5, 5.41) is 27.5. The monoisotopic (exact) mass is 967 g/mol. The van der Waals surface area contributed by atoms with Crippen LogP contribution in [0.4, 0.5) is 17.5 Å². The van der Waals surface area contributed by atoms with E-state index in [0.717, 1.165) is 143 Å². The van der Waals surface area contributed by atoms with E-state index in [1.807, 2.05) is 87.5 Å². The molecule has 0 atom stereocenters. The SMILES string of the molecule is C.Cc1sc2ccccc2c1C(=O)O.Cc1sc2ccccc2c1C(=O)n1nc(N)c2c1CCCC2.Cc1sc2ccccc2c1C(=O)n1nc2c(c1N)CCCC2.Nc1n[nH]c2c1CCCC2. The number of nitrogen functional groups attached to an aromatic ring is 3. The van der Waals surface area contributed by atoms with Crippen LogP contribution in [0.25, 0.3) is 30.3 Å². The second-order valence-electron chi connectivity index (χ2n) is 17.1. The van der Waals surface area contributed by atoms with Gasteiger partial charge in [-0.1, -0.05) is 62.0 Å². The molecule has 6 heterocycles. The number of aromatic nitrogens is 6. The summed E-state index contributed by atoms with van der Waals surface area (Å²) >= 11 is 4.82. The first-order valence-corrected chi connectivity index (χ1v) is 25.2. The number of aromatic amines is 1. The number of carbonyl (C=O) groups is 3. The number of fused-ring (bicyclic) bond motifs is 6. The van der Waals surface area contributed by atoms with Crippen molar-refractivity contribution in [1.29, 1.82) is 0 Å². The summed E-state index contributed by atoms with van der Waals surface area (Å²) in [4.78, 5) is 39.9. The summed E-state index contributed by atoms with van der Waals surface area (Å²) < 4.78 is 6.26. The van der Waals surface area contributed by atoms with Crippen LogP contribution in [-0.2, 0) is 38.5 Å². The molecule has 0 amide bonds. The molecule has 0 radical (unpaired) electrons. The zero-order valence-corrected chi connectivity index (χ0v) is 40.2. The van der Waals surface area contributed by atoms with E-state index in [-0.39, 0.29) is 19.2 Å². The predicted octanol–water partition coefficient (Wildman–Crippen LogP) is 11.5. The van der Waals surface area contributed by atoms with E-state index in [2.05, 4.69) is 26.5 Å². The fourth-order valence-corrected chi connectivity index (χ4v) is 12.7. The van der Waals surface area contributed by atoms with Crippen molar-refractivity contribution in [2.45, 2.75) is 105 Å². The van der Waals surface area contributed by atoms with Crippen molar-refractivity contribution in [3.8, 4) is 0 Å². The normalized spacial score (nSPS) is 13.7. The van der Waals surface area contributed by atoms with E-state index in [1.165, 1.54) is 40.1 Å². The highest BCUT2D eigenvalue weighted by Gasteiger charge is 2.28. The Kier molecular flexibility index (Phi) is 14.3. The molecule has 0 spiro atoms. The number of carbonyl (C=O) groups excluding carboxylic acids is 2. The fraction of sp³-hybridized carbons (Fsp3) is 0.308. The summed E-state index contributed by atoms with van der Waals surface area (Å²) in [6.07, 6.45) is 12.9. The number of aromatic carboxylic acids is 1. The molecule has 6 aromatic heterocycles. The third-order valence-electron chi connectivity index (χ3n) is 12.8. The van der Waals surface area contributed by atoms with E-state index in [9.17, 15) is 14.4 Å². The van der Waals surface area contributed by atoms with Gasteiger partial charge in [-0.25, -0.2) is 4.79 Å². The summed E-state index contributed by atoms with van der Waals surface area (Å²) in [5.74, 6) is 0.742. The van der Waals surface area contributed by atoms with Crippen LogP contribution >= 0.6 is 34.0 Å². The van der Waals surface area contributed by atoms with Crippen molar-refractivity contribution in [3.63, 3.8) is 0 Å². The molecule has 0 saturated carbocycles. The highest BCUT2D eigenvalue weighted by molar-refractivity contribution is 7.20. The van der Waals surface area contributed by atoms with Crippen LogP contribution in [0.1, 0.15) is 125 Å². The van der Waals surface area contributed by atoms with Gasteiger partial charge < -0.3 is 22.3 Å². The van der Waals surface area contributed by atoms with Gasteiger partial charge in [-0.2, -0.15) is 19.6 Å². The van der Waals surface area contributed by atoms with Gasteiger partial charge in [0, 0.05) is 67.3 Å². The van der Waals surface area contributed by atoms with Crippen LogP contribution in [0.3, 0.4) is 0 Å². The lowest BCUT2D eigenvalue weighted by molar-refractivity contribution is 0.0698. The van der Waals surface area contributed by atoms with Gasteiger partial charge in [-0.05, 0) is 116 Å². The average molecular weight is 968 g/mol. The van der Waals surface area contributed by atoms with Crippen LogP contribution in [0.5, 0.6) is 0 Å². The minimum absolute atomic E-state index is 0. The van der Waals surface area contributed by atoms with Crippen LogP contribution in [0, 0.1) is 20.8 Å². The first-order valence-electron chi connectivity index (χ1n) is 22.7. The predicted molar refractivity (Wildman–Crippen MR) is 279 cm³/mol. The zero-order valence-electron chi connectivity index (χ0n) is 37.8. The summed E-state index contributed by atoms with van der Waals surface area (Å²) in [6, 6.07) is 23.6. The molecule has 0 aliphatic heterocycles. The number of hydrogen-bond acceptors (Lipinski definition) is 12. The van der Waals surface area contributed by atoms with E-state index in [0.29, 0.717) is 23.0 Å². The number of benzene rings is 3. The number of aryl methyl sites for hydroxylation is 5. The maximum absolute atomic E-state index is 13.1. The molecule has 68 heavy (non-hydrogen) atoms. The third kappa shape index (κ3) is 9.19. The Morgan fingerprint density at radius 2 is 1.01 bits per heavy atom. The van der Waals surface area contributed by atoms with Crippen molar-refractivity contribution in [2.75, 3.05) is 17.2 Å². The molecule has 13 nitrogen and oxygen atoms in total. The number of nitrogens with one attached hydrogen (secondary N) is 1. The van der Waals surface area contributed by atoms with E-state index >= 15 is 0 Å². The van der Waals surface area contributed by atoms with Gasteiger partial charge in [0.15, 0.2) is 0 Å². The molecule has 3 aliphatic rings. The number of H-pyrrole nitrogens is 1. The maximum atomic E-state index is 13.1. The Bertz CT molecular complexity index is 3330. The topological polar surface area (TPSA) is 214 Å².